The summed E-state index contributed by atoms with van der Waals surface area (Å²) in [5.74, 6) is 0.193. The van der Waals surface area contributed by atoms with E-state index in [1.54, 1.807) is 18.5 Å². The lowest BCUT2D eigenvalue weighted by atomic mass is 10.00. The number of pyridine rings is 1. The molecule has 82 valence electrons. The lowest BCUT2D eigenvalue weighted by Gasteiger charge is -2.10. The van der Waals surface area contributed by atoms with Crippen molar-refractivity contribution in [1.29, 1.82) is 0 Å². The molecule has 0 amide bonds. The lowest BCUT2D eigenvalue weighted by molar-refractivity contribution is -0.121. The Morgan fingerprint density at radius 2 is 2.40 bits per heavy atom. The fraction of sp³-hybridized carbons (Fsp3) is 0.455. The van der Waals surface area contributed by atoms with Crippen LogP contribution in [0.25, 0.3) is 0 Å². The van der Waals surface area contributed by atoms with Gasteiger partial charge in [-0.2, -0.15) is 0 Å². The first-order valence-corrected chi connectivity index (χ1v) is 5.00. The summed E-state index contributed by atoms with van der Waals surface area (Å²) in [6.07, 6.45) is 3.64. The Balaban J connectivity index is 2.62. The highest BCUT2D eigenvalue weighted by Gasteiger charge is 2.13. The molecule has 0 fully saturated rings. The van der Waals surface area contributed by atoms with E-state index in [2.05, 4.69) is 10.3 Å². The van der Waals surface area contributed by atoms with E-state index < -0.39 is 0 Å². The molecular formula is C11H17N3O. The molecule has 4 heteroatoms. The van der Waals surface area contributed by atoms with Crippen molar-refractivity contribution in [3.05, 3.63) is 24.0 Å². The number of nitrogens with one attached hydrogen (secondary N) is 1. The molecule has 0 saturated carbocycles. The summed E-state index contributed by atoms with van der Waals surface area (Å²) in [6.45, 7) is 2.60. The Morgan fingerprint density at radius 1 is 1.67 bits per heavy atom. The van der Waals surface area contributed by atoms with Crippen molar-refractivity contribution in [2.75, 3.05) is 19.3 Å². The minimum Gasteiger partial charge on any atom is -0.398 e. The van der Waals surface area contributed by atoms with E-state index in [0.717, 1.165) is 5.56 Å². The van der Waals surface area contributed by atoms with E-state index >= 15 is 0 Å². The third kappa shape index (κ3) is 3.32. The van der Waals surface area contributed by atoms with E-state index in [0.29, 0.717) is 18.7 Å². The van der Waals surface area contributed by atoms with Crippen LogP contribution in [0.3, 0.4) is 0 Å². The van der Waals surface area contributed by atoms with E-state index in [1.165, 1.54) is 0 Å². The molecule has 0 aliphatic rings. The SMILES string of the molecule is CNCC(C)C(=O)Cc1cnccc1N. The lowest BCUT2D eigenvalue weighted by Crippen LogP contribution is -2.25. The molecule has 1 atom stereocenters. The molecule has 0 radical (unpaired) electrons. The third-order valence-electron chi connectivity index (χ3n) is 2.37. The van der Waals surface area contributed by atoms with Crippen molar-refractivity contribution < 1.29 is 4.79 Å². The van der Waals surface area contributed by atoms with Gasteiger partial charge in [-0.3, -0.25) is 9.78 Å². The number of rotatable bonds is 5. The van der Waals surface area contributed by atoms with Gasteiger partial charge in [0, 0.05) is 42.5 Å². The summed E-state index contributed by atoms with van der Waals surface area (Å²) >= 11 is 0. The average Bonchev–Trinajstić information content (AvgIpc) is 2.21. The molecule has 3 N–H and O–H groups in total. The molecule has 0 spiro atoms. The standard InChI is InChI=1S/C11H17N3O/c1-8(6-13-2)11(15)5-9-7-14-4-3-10(9)12/h3-4,7-8,13H,5-6H2,1-2H3,(H2,12,14). The van der Waals surface area contributed by atoms with Crippen molar-refractivity contribution in [2.24, 2.45) is 5.92 Å². The van der Waals surface area contributed by atoms with Crippen LogP contribution in [-0.2, 0) is 11.2 Å². The summed E-state index contributed by atoms with van der Waals surface area (Å²) in [4.78, 5) is 15.7. The van der Waals surface area contributed by atoms with E-state index in [4.69, 9.17) is 5.73 Å². The summed E-state index contributed by atoms with van der Waals surface area (Å²) < 4.78 is 0. The number of carbonyl (C=O) groups excluding carboxylic acids is 1. The van der Waals surface area contributed by atoms with Gasteiger partial charge in [-0.05, 0) is 13.1 Å². The number of anilines is 1. The van der Waals surface area contributed by atoms with Gasteiger partial charge in [0.2, 0.25) is 0 Å². The number of nitrogens with two attached hydrogens (primary N) is 1. The van der Waals surface area contributed by atoms with Crippen LogP contribution >= 0.6 is 0 Å². The van der Waals surface area contributed by atoms with Gasteiger partial charge >= 0.3 is 0 Å². The maximum Gasteiger partial charge on any atom is 0.141 e. The third-order valence-corrected chi connectivity index (χ3v) is 2.37. The molecule has 1 aromatic rings. The number of ketones is 1. The second-order valence-electron chi connectivity index (χ2n) is 3.68. The Kier molecular flexibility index (Phi) is 4.24. The quantitative estimate of drug-likeness (QED) is 0.743. The molecule has 1 unspecified atom stereocenters. The number of aromatic nitrogens is 1. The number of Topliss-reactive ketones (excluding diaryl/α,β-unsaturated/α-hetero) is 1. The zero-order chi connectivity index (χ0) is 11.3. The highest BCUT2D eigenvalue weighted by molar-refractivity contribution is 5.84. The first-order valence-electron chi connectivity index (χ1n) is 5.00. The zero-order valence-electron chi connectivity index (χ0n) is 9.16. The molecule has 0 aliphatic carbocycles. The fourth-order valence-electron chi connectivity index (χ4n) is 1.37. The first kappa shape index (κ1) is 11.7. The number of hydrogen-bond acceptors (Lipinski definition) is 4. The topological polar surface area (TPSA) is 68.0 Å². The molecular weight excluding hydrogens is 190 g/mol. The summed E-state index contributed by atoms with van der Waals surface area (Å²) in [5.41, 5.74) is 7.18. The maximum atomic E-state index is 11.7. The van der Waals surface area contributed by atoms with Crippen LogP contribution in [0.1, 0.15) is 12.5 Å². The second kappa shape index (κ2) is 5.46. The van der Waals surface area contributed by atoms with Gasteiger partial charge in [-0.1, -0.05) is 6.92 Å². The van der Waals surface area contributed by atoms with Gasteiger partial charge in [0.1, 0.15) is 5.78 Å². The number of hydrogen-bond donors (Lipinski definition) is 2. The average molecular weight is 207 g/mol. The summed E-state index contributed by atoms with van der Waals surface area (Å²) in [5, 5.41) is 2.98. The molecule has 15 heavy (non-hydrogen) atoms. The smallest absolute Gasteiger partial charge is 0.141 e. The fourth-order valence-corrected chi connectivity index (χ4v) is 1.37. The molecule has 1 aromatic heterocycles. The summed E-state index contributed by atoms with van der Waals surface area (Å²) in [7, 11) is 1.84. The Labute approximate surface area is 89.9 Å². The van der Waals surface area contributed by atoms with Crippen LogP contribution in [0.5, 0.6) is 0 Å². The first-order chi connectivity index (χ1) is 7.15. The molecule has 4 nitrogen and oxygen atoms in total. The summed E-state index contributed by atoms with van der Waals surface area (Å²) in [6, 6.07) is 1.71. The van der Waals surface area contributed by atoms with Crippen LogP contribution in [0.15, 0.2) is 18.5 Å². The Morgan fingerprint density at radius 3 is 3.00 bits per heavy atom. The van der Waals surface area contributed by atoms with Gasteiger partial charge in [0.25, 0.3) is 0 Å². The predicted molar refractivity (Wildman–Crippen MR) is 60.5 cm³/mol. The van der Waals surface area contributed by atoms with Crippen molar-refractivity contribution in [2.45, 2.75) is 13.3 Å². The van der Waals surface area contributed by atoms with Crippen molar-refractivity contribution >= 4 is 11.5 Å². The minimum atomic E-state index is 0.00889. The van der Waals surface area contributed by atoms with E-state index in [-0.39, 0.29) is 11.7 Å². The van der Waals surface area contributed by atoms with E-state index in [1.807, 2.05) is 14.0 Å². The minimum absolute atomic E-state index is 0.00889. The van der Waals surface area contributed by atoms with E-state index in [9.17, 15) is 4.79 Å². The highest BCUT2D eigenvalue weighted by Crippen LogP contribution is 2.11. The molecule has 0 aliphatic heterocycles. The number of carbonyl (C=O) groups is 1. The van der Waals surface area contributed by atoms with Crippen molar-refractivity contribution in [3.8, 4) is 0 Å². The number of nitrogen functional groups attached to an aromatic ring is 1. The van der Waals surface area contributed by atoms with Gasteiger partial charge < -0.3 is 11.1 Å². The second-order valence-corrected chi connectivity index (χ2v) is 3.68. The molecule has 1 heterocycles. The van der Waals surface area contributed by atoms with Crippen LogP contribution in [0.4, 0.5) is 5.69 Å². The van der Waals surface area contributed by atoms with Crippen LogP contribution in [0, 0.1) is 5.92 Å². The van der Waals surface area contributed by atoms with Crippen LogP contribution in [-0.4, -0.2) is 24.4 Å². The molecule has 0 aromatic carbocycles. The highest BCUT2D eigenvalue weighted by atomic mass is 16.1. The van der Waals surface area contributed by atoms with Gasteiger partial charge in [0.05, 0.1) is 0 Å². The molecule has 0 bridgehead atoms. The van der Waals surface area contributed by atoms with Gasteiger partial charge in [0.15, 0.2) is 0 Å². The normalized spacial score (nSPS) is 12.4. The Hall–Kier alpha value is -1.42. The van der Waals surface area contributed by atoms with Gasteiger partial charge in [-0.25, -0.2) is 0 Å². The molecule has 0 saturated heterocycles. The van der Waals surface area contributed by atoms with Crippen molar-refractivity contribution in [1.82, 2.24) is 10.3 Å². The Bertz CT molecular complexity index is 338. The molecule has 1 rings (SSSR count). The number of nitrogens with zero attached hydrogens (tertiary/aromatic N) is 1. The van der Waals surface area contributed by atoms with Crippen molar-refractivity contribution in [3.63, 3.8) is 0 Å². The van der Waals surface area contributed by atoms with Crippen LogP contribution in [0.2, 0.25) is 0 Å². The largest absolute Gasteiger partial charge is 0.398 e. The van der Waals surface area contributed by atoms with Gasteiger partial charge in [-0.15, -0.1) is 0 Å². The zero-order valence-corrected chi connectivity index (χ0v) is 9.16. The maximum absolute atomic E-state index is 11.7. The predicted octanol–water partition coefficient (Wildman–Crippen LogP) is 0.631. The van der Waals surface area contributed by atoms with Crippen LogP contribution < -0.4 is 11.1 Å². The monoisotopic (exact) mass is 207 g/mol.